The van der Waals surface area contributed by atoms with E-state index in [9.17, 15) is 5.26 Å². The first-order valence-electron chi connectivity index (χ1n) is 4.96. The van der Waals surface area contributed by atoms with Gasteiger partial charge in [0, 0.05) is 20.1 Å². The van der Waals surface area contributed by atoms with Gasteiger partial charge in [0.1, 0.15) is 6.04 Å². The van der Waals surface area contributed by atoms with Crippen molar-refractivity contribution in [2.75, 3.05) is 5.32 Å². The van der Waals surface area contributed by atoms with Crippen LogP contribution in [0.4, 0.5) is 5.69 Å². The van der Waals surface area contributed by atoms with E-state index in [2.05, 4.69) is 43.2 Å². The van der Waals surface area contributed by atoms with Crippen molar-refractivity contribution >= 4 is 60.5 Å². The SMILES string of the molecule is N#CC(Nc1cccc(Cl)c1)c1cc(Br)c(Br)s1. The second kappa shape index (κ2) is 6.07. The van der Waals surface area contributed by atoms with E-state index in [4.69, 9.17) is 11.6 Å². The highest BCUT2D eigenvalue weighted by Crippen LogP contribution is 2.36. The van der Waals surface area contributed by atoms with Crippen molar-refractivity contribution in [3.63, 3.8) is 0 Å². The quantitative estimate of drug-likeness (QED) is 0.720. The van der Waals surface area contributed by atoms with Gasteiger partial charge in [-0.05, 0) is 56.1 Å². The second-order valence-electron chi connectivity index (χ2n) is 3.49. The van der Waals surface area contributed by atoms with Gasteiger partial charge < -0.3 is 5.32 Å². The molecule has 0 saturated heterocycles. The number of halogens is 3. The molecular formula is C12H7Br2ClN2S. The molecule has 0 aliphatic carbocycles. The zero-order chi connectivity index (χ0) is 13.1. The Balaban J connectivity index is 2.23. The minimum absolute atomic E-state index is 0.393. The van der Waals surface area contributed by atoms with Gasteiger partial charge in [0.25, 0.3) is 0 Å². The summed E-state index contributed by atoms with van der Waals surface area (Å²) >= 11 is 14.3. The van der Waals surface area contributed by atoms with Crippen LogP contribution in [0.15, 0.2) is 38.6 Å². The second-order valence-corrected chi connectivity index (χ2v) is 7.18. The molecule has 2 nitrogen and oxygen atoms in total. The van der Waals surface area contributed by atoms with Crippen LogP contribution < -0.4 is 5.32 Å². The van der Waals surface area contributed by atoms with E-state index < -0.39 is 6.04 Å². The van der Waals surface area contributed by atoms with Crippen molar-refractivity contribution in [1.82, 2.24) is 0 Å². The molecule has 0 saturated carbocycles. The number of thiophene rings is 1. The van der Waals surface area contributed by atoms with Crippen molar-refractivity contribution in [1.29, 1.82) is 5.26 Å². The first-order valence-corrected chi connectivity index (χ1v) is 7.74. The summed E-state index contributed by atoms with van der Waals surface area (Å²) in [6.45, 7) is 0. The average molecular weight is 407 g/mol. The number of rotatable bonds is 3. The third-order valence-corrected chi connectivity index (χ3v) is 5.77. The van der Waals surface area contributed by atoms with Crippen LogP contribution >= 0.6 is 54.8 Å². The highest BCUT2D eigenvalue weighted by atomic mass is 79.9. The Bertz CT molecular complexity index is 587. The molecule has 1 unspecified atom stereocenters. The van der Waals surface area contributed by atoms with E-state index in [0.29, 0.717) is 5.02 Å². The van der Waals surface area contributed by atoms with Crippen molar-refractivity contribution < 1.29 is 0 Å². The Kier molecular flexibility index (Phi) is 4.68. The summed E-state index contributed by atoms with van der Waals surface area (Å²) in [5.41, 5.74) is 0.828. The van der Waals surface area contributed by atoms with Crippen molar-refractivity contribution in [3.05, 3.63) is 48.5 Å². The first-order chi connectivity index (χ1) is 8.60. The Morgan fingerprint density at radius 3 is 2.67 bits per heavy atom. The largest absolute Gasteiger partial charge is 0.365 e. The van der Waals surface area contributed by atoms with E-state index in [1.165, 1.54) is 11.3 Å². The number of nitriles is 1. The van der Waals surface area contributed by atoms with Gasteiger partial charge in [-0.25, -0.2) is 0 Å². The van der Waals surface area contributed by atoms with Crippen LogP contribution in [0, 0.1) is 11.3 Å². The molecule has 1 aromatic heterocycles. The molecule has 92 valence electrons. The molecule has 0 amide bonds. The summed E-state index contributed by atoms with van der Waals surface area (Å²) in [4.78, 5) is 0.941. The van der Waals surface area contributed by atoms with Gasteiger partial charge in [-0.2, -0.15) is 5.26 Å². The van der Waals surface area contributed by atoms with Gasteiger partial charge >= 0.3 is 0 Å². The monoisotopic (exact) mass is 404 g/mol. The molecule has 0 bridgehead atoms. The molecule has 18 heavy (non-hydrogen) atoms. The molecule has 1 aromatic carbocycles. The normalized spacial score (nSPS) is 11.9. The van der Waals surface area contributed by atoms with Gasteiger partial charge in [-0.3, -0.25) is 0 Å². The van der Waals surface area contributed by atoms with E-state index in [1.807, 2.05) is 18.2 Å². The van der Waals surface area contributed by atoms with Crippen LogP contribution in [0.25, 0.3) is 0 Å². The highest BCUT2D eigenvalue weighted by Gasteiger charge is 2.15. The van der Waals surface area contributed by atoms with E-state index >= 15 is 0 Å². The maximum Gasteiger partial charge on any atom is 0.149 e. The van der Waals surface area contributed by atoms with Crippen molar-refractivity contribution in [3.8, 4) is 6.07 Å². The lowest BCUT2D eigenvalue weighted by Gasteiger charge is -2.11. The van der Waals surface area contributed by atoms with Gasteiger partial charge in [0.2, 0.25) is 0 Å². The summed E-state index contributed by atoms with van der Waals surface area (Å²) in [7, 11) is 0. The Morgan fingerprint density at radius 1 is 1.33 bits per heavy atom. The predicted molar refractivity (Wildman–Crippen MR) is 83.1 cm³/mol. The molecule has 1 heterocycles. The number of nitrogens with one attached hydrogen (secondary N) is 1. The highest BCUT2D eigenvalue weighted by molar-refractivity contribution is 9.13. The summed E-state index contributed by atoms with van der Waals surface area (Å²) in [6.07, 6.45) is 0. The van der Waals surface area contributed by atoms with Crippen LogP contribution in [0.2, 0.25) is 5.02 Å². The standard InChI is InChI=1S/C12H7Br2ClN2S/c13-9-5-11(18-12(9)14)10(6-16)17-8-3-1-2-7(15)4-8/h1-5,10,17H. The number of nitrogens with zero attached hydrogens (tertiary/aromatic N) is 1. The Hall–Kier alpha value is -0.540. The number of benzene rings is 1. The molecule has 2 aromatic rings. The minimum atomic E-state index is -0.393. The zero-order valence-electron chi connectivity index (χ0n) is 8.95. The molecular weight excluding hydrogens is 399 g/mol. The lowest BCUT2D eigenvalue weighted by molar-refractivity contribution is 1.03. The smallest absolute Gasteiger partial charge is 0.149 e. The summed E-state index contributed by atoms with van der Waals surface area (Å²) in [5.74, 6) is 0. The summed E-state index contributed by atoms with van der Waals surface area (Å²) in [6, 6.07) is 11.1. The van der Waals surface area contributed by atoms with Gasteiger partial charge in [-0.1, -0.05) is 17.7 Å². The third-order valence-electron chi connectivity index (χ3n) is 2.21. The van der Waals surface area contributed by atoms with Crippen molar-refractivity contribution in [2.45, 2.75) is 6.04 Å². The van der Waals surface area contributed by atoms with E-state index in [1.54, 1.807) is 12.1 Å². The molecule has 6 heteroatoms. The number of anilines is 1. The van der Waals surface area contributed by atoms with Crippen LogP contribution in [-0.2, 0) is 0 Å². The van der Waals surface area contributed by atoms with Gasteiger partial charge in [-0.15, -0.1) is 11.3 Å². The molecule has 0 aliphatic heterocycles. The lowest BCUT2D eigenvalue weighted by atomic mass is 10.2. The Morgan fingerprint density at radius 2 is 2.11 bits per heavy atom. The summed E-state index contributed by atoms with van der Waals surface area (Å²) in [5, 5.41) is 13.0. The lowest BCUT2D eigenvalue weighted by Crippen LogP contribution is -2.06. The number of hydrogen-bond donors (Lipinski definition) is 1. The summed E-state index contributed by atoms with van der Waals surface area (Å²) < 4.78 is 1.93. The zero-order valence-corrected chi connectivity index (χ0v) is 13.7. The predicted octanol–water partition coefficient (Wildman–Crippen LogP) is 5.60. The molecule has 0 fully saturated rings. The van der Waals surface area contributed by atoms with Crippen LogP contribution in [0.3, 0.4) is 0 Å². The molecule has 1 N–H and O–H groups in total. The van der Waals surface area contributed by atoms with Crippen molar-refractivity contribution in [2.24, 2.45) is 0 Å². The molecule has 2 rings (SSSR count). The third kappa shape index (κ3) is 3.27. The van der Waals surface area contributed by atoms with Crippen LogP contribution in [0.1, 0.15) is 10.9 Å². The van der Waals surface area contributed by atoms with Gasteiger partial charge in [0.05, 0.1) is 9.86 Å². The van der Waals surface area contributed by atoms with Crippen LogP contribution in [-0.4, -0.2) is 0 Å². The molecule has 1 atom stereocenters. The molecule has 0 spiro atoms. The average Bonchev–Trinajstić information content (AvgIpc) is 2.66. The number of hydrogen-bond acceptors (Lipinski definition) is 3. The van der Waals surface area contributed by atoms with E-state index in [0.717, 1.165) is 18.8 Å². The first kappa shape index (κ1) is 13.9. The van der Waals surface area contributed by atoms with E-state index in [-0.39, 0.29) is 0 Å². The maximum atomic E-state index is 9.24. The fourth-order valence-corrected chi connectivity index (χ4v) is 3.69. The maximum absolute atomic E-state index is 9.24. The minimum Gasteiger partial charge on any atom is -0.365 e. The fraction of sp³-hybridized carbons (Fsp3) is 0.0833. The topological polar surface area (TPSA) is 35.8 Å². The fourth-order valence-electron chi connectivity index (χ4n) is 1.42. The Labute approximate surface area is 131 Å². The van der Waals surface area contributed by atoms with Crippen LogP contribution in [0.5, 0.6) is 0 Å². The van der Waals surface area contributed by atoms with Gasteiger partial charge in [0.15, 0.2) is 0 Å². The molecule has 0 radical (unpaired) electrons. The molecule has 0 aliphatic rings.